The molecule has 0 aromatic heterocycles. The molecule has 4 heteroatoms. The molecule has 0 radical (unpaired) electrons. The summed E-state index contributed by atoms with van der Waals surface area (Å²) in [6.45, 7) is 9.13. The lowest BCUT2D eigenvalue weighted by Gasteiger charge is -2.26. The predicted molar refractivity (Wildman–Crippen MR) is 61.9 cm³/mol. The Kier molecular flexibility index (Phi) is 6.16. The first-order chi connectivity index (χ1) is 6.40. The number of amides is 1. The average molecular weight is 266 g/mol. The van der Waals surface area contributed by atoms with Gasteiger partial charge in [-0.3, -0.25) is 0 Å². The molecule has 0 aliphatic heterocycles. The topological polar surface area (TPSA) is 29.5 Å². The molecule has 0 aliphatic rings. The Balaban J connectivity index is 4.14. The van der Waals surface area contributed by atoms with Crippen LogP contribution in [0.2, 0.25) is 0 Å². The molecular formula is C10H20BrNO2. The maximum Gasteiger partial charge on any atom is 0.410 e. The van der Waals surface area contributed by atoms with Gasteiger partial charge in [0.25, 0.3) is 0 Å². The van der Waals surface area contributed by atoms with Gasteiger partial charge in [0.1, 0.15) is 5.60 Å². The molecule has 0 aromatic rings. The zero-order chi connectivity index (χ0) is 11.2. The predicted octanol–water partition coefficient (Wildman–Crippen LogP) is 3.03. The molecule has 0 N–H and O–H groups in total. The Morgan fingerprint density at radius 2 is 1.93 bits per heavy atom. The van der Waals surface area contributed by atoms with Gasteiger partial charge in [-0.1, -0.05) is 22.9 Å². The molecule has 1 amide bonds. The van der Waals surface area contributed by atoms with E-state index in [2.05, 4.69) is 15.9 Å². The molecule has 0 saturated carbocycles. The maximum atomic E-state index is 11.6. The summed E-state index contributed by atoms with van der Waals surface area (Å²) in [7, 11) is 0. The molecule has 0 heterocycles. The molecule has 14 heavy (non-hydrogen) atoms. The first kappa shape index (κ1) is 13.8. The number of alkyl halides is 1. The molecule has 0 fully saturated rings. The molecule has 0 aliphatic carbocycles. The molecule has 0 saturated heterocycles. The molecule has 0 unspecified atom stereocenters. The number of carbonyl (C=O) groups excluding carboxylic acids is 1. The van der Waals surface area contributed by atoms with Gasteiger partial charge in [0.05, 0.1) is 0 Å². The van der Waals surface area contributed by atoms with Crippen LogP contribution < -0.4 is 0 Å². The number of rotatable bonds is 4. The highest BCUT2D eigenvalue weighted by Crippen LogP contribution is 2.10. The van der Waals surface area contributed by atoms with E-state index in [1.165, 1.54) is 0 Å². The van der Waals surface area contributed by atoms with Crippen molar-refractivity contribution in [1.82, 2.24) is 4.90 Å². The number of ether oxygens (including phenoxy) is 1. The van der Waals surface area contributed by atoms with Crippen molar-refractivity contribution in [3.63, 3.8) is 0 Å². The van der Waals surface area contributed by atoms with Crippen LogP contribution in [0.5, 0.6) is 0 Å². The number of carbonyl (C=O) groups is 1. The van der Waals surface area contributed by atoms with Crippen molar-refractivity contribution in [3.05, 3.63) is 0 Å². The highest BCUT2D eigenvalue weighted by molar-refractivity contribution is 9.09. The fourth-order valence-corrected chi connectivity index (χ4v) is 1.42. The number of hydrogen-bond donors (Lipinski definition) is 0. The SMILES string of the molecule is CCCN(CCBr)C(=O)OC(C)(C)C. The van der Waals surface area contributed by atoms with Gasteiger partial charge >= 0.3 is 6.09 Å². The second kappa shape index (κ2) is 6.27. The molecule has 0 rings (SSSR count). The van der Waals surface area contributed by atoms with E-state index in [0.29, 0.717) is 6.54 Å². The highest BCUT2D eigenvalue weighted by Gasteiger charge is 2.20. The largest absolute Gasteiger partial charge is 0.444 e. The smallest absolute Gasteiger partial charge is 0.410 e. The summed E-state index contributed by atoms with van der Waals surface area (Å²) in [4.78, 5) is 13.3. The Hall–Kier alpha value is -0.250. The summed E-state index contributed by atoms with van der Waals surface area (Å²) >= 11 is 3.32. The van der Waals surface area contributed by atoms with Crippen molar-refractivity contribution in [2.24, 2.45) is 0 Å². The Bertz CT molecular complexity index is 171. The van der Waals surface area contributed by atoms with Crippen molar-refractivity contribution in [2.75, 3.05) is 18.4 Å². The van der Waals surface area contributed by atoms with Gasteiger partial charge in [0, 0.05) is 18.4 Å². The standard InChI is InChI=1S/C10H20BrNO2/c1-5-7-12(8-6-11)9(13)14-10(2,3)4/h5-8H2,1-4H3. The minimum absolute atomic E-state index is 0.223. The van der Waals surface area contributed by atoms with Crippen LogP contribution >= 0.6 is 15.9 Å². The van der Waals surface area contributed by atoms with E-state index in [1.807, 2.05) is 27.7 Å². The lowest BCUT2D eigenvalue weighted by atomic mass is 10.2. The van der Waals surface area contributed by atoms with Crippen LogP contribution in [0, 0.1) is 0 Å². The first-order valence-corrected chi connectivity index (χ1v) is 6.06. The van der Waals surface area contributed by atoms with Crippen molar-refractivity contribution in [1.29, 1.82) is 0 Å². The van der Waals surface area contributed by atoms with Gasteiger partial charge < -0.3 is 9.64 Å². The van der Waals surface area contributed by atoms with E-state index in [9.17, 15) is 4.79 Å². The molecular weight excluding hydrogens is 246 g/mol. The third-order valence-electron chi connectivity index (χ3n) is 1.50. The van der Waals surface area contributed by atoms with Crippen molar-refractivity contribution >= 4 is 22.0 Å². The summed E-state index contributed by atoms with van der Waals surface area (Å²) < 4.78 is 5.27. The second-order valence-electron chi connectivity index (χ2n) is 4.16. The summed E-state index contributed by atoms with van der Waals surface area (Å²) in [5.74, 6) is 0. The molecule has 0 spiro atoms. The zero-order valence-electron chi connectivity index (χ0n) is 9.47. The van der Waals surface area contributed by atoms with Gasteiger partial charge in [0.15, 0.2) is 0 Å². The van der Waals surface area contributed by atoms with Crippen LogP contribution in [0.25, 0.3) is 0 Å². The average Bonchev–Trinajstić information content (AvgIpc) is 2.01. The fraction of sp³-hybridized carbons (Fsp3) is 0.900. The van der Waals surface area contributed by atoms with E-state index in [4.69, 9.17) is 4.74 Å². The monoisotopic (exact) mass is 265 g/mol. The van der Waals surface area contributed by atoms with Crippen LogP contribution in [0.4, 0.5) is 4.79 Å². The molecule has 0 bridgehead atoms. The molecule has 0 atom stereocenters. The molecule has 3 nitrogen and oxygen atoms in total. The Morgan fingerprint density at radius 3 is 2.29 bits per heavy atom. The van der Waals surface area contributed by atoms with E-state index in [1.54, 1.807) is 4.90 Å². The minimum Gasteiger partial charge on any atom is -0.444 e. The van der Waals surface area contributed by atoms with Crippen molar-refractivity contribution in [3.8, 4) is 0 Å². The van der Waals surface area contributed by atoms with E-state index in [-0.39, 0.29) is 6.09 Å². The van der Waals surface area contributed by atoms with Gasteiger partial charge in [0.2, 0.25) is 0 Å². The number of hydrogen-bond acceptors (Lipinski definition) is 2. The van der Waals surface area contributed by atoms with E-state index in [0.717, 1.165) is 18.3 Å². The number of halogens is 1. The second-order valence-corrected chi connectivity index (χ2v) is 4.95. The van der Waals surface area contributed by atoms with Crippen LogP contribution in [0.1, 0.15) is 34.1 Å². The zero-order valence-corrected chi connectivity index (χ0v) is 11.1. The van der Waals surface area contributed by atoms with Crippen LogP contribution in [0.3, 0.4) is 0 Å². The summed E-state index contributed by atoms with van der Waals surface area (Å²) in [6.07, 6.45) is 0.727. The summed E-state index contributed by atoms with van der Waals surface area (Å²) in [5.41, 5.74) is -0.407. The van der Waals surface area contributed by atoms with Crippen molar-refractivity contribution in [2.45, 2.75) is 39.7 Å². The lowest BCUT2D eigenvalue weighted by Crippen LogP contribution is -2.38. The Morgan fingerprint density at radius 1 is 1.36 bits per heavy atom. The third kappa shape index (κ3) is 6.24. The third-order valence-corrected chi connectivity index (χ3v) is 1.85. The van der Waals surface area contributed by atoms with Crippen LogP contribution in [-0.2, 0) is 4.74 Å². The first-order valence-electron chi connectivity index (χ1n) is 4.94. The molecule has 84 valence electrons. The summed E-state index contributed by atoms with van der Waals surface area (Å²) in [5, 5.41) is 0.784. The minimum atomic E-state index is -0.407. The van der Waals surface area contributed by atoms with Gasteiger partial charge in [-0.05, 0) is 27.2 Å². The maximum absolute atomic E-state index is 11.6. The van der Waals surface area contributed by atoms with Gasteiger partial charge in [-0.15, -0.1) is 0 Å². The lowest BCUT2D eigenvalue weighted by molar-refractivity contribution is 0.0263. The van der Waals surface area contributed by atoms with E-state index < -0.39 is 5.60 Å². The Labute approximate surface area is 94.9 Å². The highest BCUT2D eigenvalue weighted by atomic mass is 79.9. The summed E-state index contributed by atoms with van der Waals surface area (Å²) in [6, 6.07) is 0. The fourth-order valence-electron chi connectivity index (χ4n) is 0.993. The molecule has 0 aromatic carbocycles. The van der Waals surface area contributed by atoms with Crippen LogP contribution in [-0.4, -0.2) is 35.0 Å². The number of nitrogens with zero attached hydrogens (tertiary/aromatic N) is 1. The van der Waals surface area contributed by atoms with Gasteiger partial charge in [-0.2, -0.15) is 0 Å². The normalized spacial score (nSPS) is 11.2. The van der Waals surface area contributed by atoms with Gasteiger partial charge in [-0.25, -0.2) is 4.79 Å². The van der Waals surface area contributed by atoms with Crippen molar-refractivity contribution < 1.29 is 9.53 Å². The van der Waals surface area contributed by atoms with Crippen LogP contribution in [0.15, 0.2) is 0 Å². The quantitative estimate of drug-likeness (QED) is 0.732. The van der Waals surface area contributed by atoms with E-state index >= 15 is 0 Å².